The molecule has 0 bridgehead atoms. The van der Waals surface area contributed by atoms with E-state index in [1.165, 1.54) is 12.0 Å². The molecule has 1 aliphatic rings. The maximum absolute atomic E-state index is 7.57. The summed E-state index contributed by atoms with van der Waals surface area (Å²) in [6.45, 7) is 3.92. The van der Waals surface area contributed by atoms with Crippen LogP contribution in [-0.4, -0.2) is 23.8 Å². The first kappa shape index (κ1) is 9.25. The Kier molecular flexibility index (Phi) is 2.53. The van der Waals surface area contributed by atoms with Crippen LogP contribution in [0.5, 0.6) is 0 Å². The van der Waals surface area contributed by atoms with Crippen LogP contribution in [0.25, 0.3) is 0 Å². The summed E-state index contributed by atoms with van der Waals surface area (Å²) in [6.07, 6.45) is 1.18. The van der Waals surface area contributed by atoms with E-state index in [-0.39, 0.29) is 0 Å². The molecule has 0 spiro atoms. The number of nitrogens with one attached hydrogen (secondary N) is 1. The average Bonchev–Trinajstić information content (AvgIpc) is 2.68. The van der Waals surface area contributed by atoms with Gasteiger partial charge in [-0.25, -0.2) is 0 Å². The van der Waals surface area contributed by atoms with Crippen LogP contribution in [-0.2, 0) is 0 Å². The third-order valence-electron chi connectivity index (χ3n) is 2.93. The molecule has 1 saturated heterocycles. The first-order valence-electron chi connectivity index (χ1n) is 5.12. The minimum atomic E-state index is 0.622. The van der Waals surface area contributed by atoms with E-state index in [2.05, 4.69) is 35.2 Å². The van der Waals surface area contributed by atoms with Crippen LogP contribution in [0.1, 0.15) is 24.8 Å². The van der Waals surface area contributed by atoms with Gasteiger partial charge >= 0.3 is 0 Å². The third kappa shape index (κ3) is 1.79. The SMILES string of the molecule is CC(=N)N1CCC(c2ccccc2)C1. The van der Waals surface area contributed by atoms with Crippen LogP contribution in [0.3, 0.4) is 0 Å². The molecule has 2 nitrogen and oxygen atoms in total. The number of benzene rings is 1. The second-order valence-electron chi connectivity index (χ2n) is 3.93. The van der Waals surface area contributed by atoms with Crippen molar-refractivity contribution in [3.05, 3.63) is 35.9 Å². The summed E-state index contributed by atoms with van der Waals surface area (Å²) >= 11 is 0. The van der Waals surface area contributed by atoms with Crippen LogP contribution >= 0.6 is 0 Å². The number of hydrogen-bond donors (Lipinski definition) is 1. The summed E-state index contributed by atoms with van der Waals surface area (Å²) in [4.78, 5) is 2.15. The summed E-state index contributed by atoms with van der Waals surface area (Å²) in [5.41, 5.74) is 1.41. The van der Waals surface area contributed by atoms with Crippen molar-refractivity contribution in [3.8, 4) is 0 Å². The van der Waals surface area contributed by atoms with Crippen LogP contribution in [0, 0.1) is 5.41 Å². The Morgan fingerprint density at radius 2 is 2.07 bits per heavy atom. The Balaban J connectivity index is 2.06. The lowest BCUT2D eigenvalue weighted by Crippen LogP contribution is -2.24. The van der Waals surface area contributed by atoms with Gasteiger partial charge in [0, 0.05) is 19.0 Å². The van der Waals surface area contributed by atoms with E-state index >= 15 is 0 Å². The highest BCUT2D eigenvalue weighted by Gasteiger charge is 2.23. The van der Waals surface area contributed by atoms with Crippen molar-refractivity contribution < 1.29 is 0 Å². The predicted molar refractivity (Wildman–Crippen MR) is 58.8 cm³/mol. The molecule has 0 aromatic heterocycles. The molecule has 74 valence electrons. The predicted octanol–water partition coefficient (Wildman–Crippen LogP) is 2.47. The van der Waals surface area contributed by atoms with Crippen molar-refractivity contribution in [3.63, 3.8) is 0 Å². The molecular formula is C12H16N2. The first-order valence-corrected chi connectivity index (χ1v) is 5.12. The normalized spacial score (nSPS) is 21.2. The molecule has 2 heteroatoms. The lowest BCUT2D eigenvalue weighted by atomic mass is 9.99. The maximum Gasteiger partial charge on any atom is 0.0926 e. The molecule has 14 heavy (non-hydrogen) atoms. The molecule has 1 atom stereocenters. The summed E-state index contributed by atoms with van der Waals surface area (Å²) in [7, 11) is 0. The maximum atomic E-state index is 7.57. The average molecular weight is 188 g/mol. The van der Waals surface area contributed by atoms with E-state index in [1.54, 1.807) is 0 Å². The van der Waals surface area contributed by atoms with E-state index in [4.69, 9.17) is 5.41 Å². The topological polar surface area (TPSA) is 27.1 Å². The molecule has 1 fully saturated rings. The standard InChI is InChI=1S/C12H16N2/c1-10(13)14-8-7-12(9-14)11-5-3-2-4-6-11/h2-6,12-13H,7-9H2,1H3. The van der Waals surface area contributed by atoms with E-state index in [0.717, 1.165) is 13.1 Å². The third-order valence-corrected chi connectivity index (χ3v) is 2.93. The number of likely N-dealkylation sites (tertiary alicyclic amines) is 1. The van der Waals surface area contributed by atoms with Crippen molar-refractivity contribution >= 4 is 5.84 Å². The molecule has 0 aliphatic carbocycles. The molecule has 0 radical (unpaired) electrons. The van der Waals surface area contributed by atoms with E-state index in [0.29, 0.717) is 11.8 Å². The minimum absolute atomic E-state index is 0.622. The molecule has 1 aliphatic heterocycles. The van der Waals surface area contributed by atoms with E-state index in [1.807, 2.05) is 6.92 Å². The Morgan fingerprint density at radius 3 is 2.64 bits per heavy atom. The number of nitrogens with zero attached hydrogens (tertiary/aromatic N) is 1. The Labute approximate surface area is 85.1 Å². The van der Waals surface area contributed by atoms with Gasteiger partial charge < -0.3 is 4.90 Å². The van der Waals surface area contributed by atoms with Crippen molar-refractivity contribution in [1.29, 1.82) is 5.41 Å². The highest BCUT2D eigenvalue weighted by Crippen LogP contribution is 2.26. The molecule has 1 N–H and O–H groups in total. The summed E-state index contributed by atoms with van der Waals surface area (Å²) in [5.74, 6) is 1.32. The van der Waals surface area contributed by atoms with Crippen molar-refractivity contribution in [2.75, 3.05) is 13.1 Å². The van der Waals surface area contributed by atoms with E-state index in [9.17, 15) is 0 Å². The first-order chi connectivity index (χ1) is 6.77. The van der Waals surface area contributed by atoms with Crippen molar-refractivity contribution in [2.45, 2.75) is 19.3 Å². The molecular weight excluding hydrogens is 172 g/mol. The number of amidine groups is 1. The van der Waals surface area contributed by atoms with Gasteiger partial charge in [-0.1, -0.05) is 30.3 Å². The Hall–Kier alpha value is -1.31. The minimum Gasteiger partial charge on any atom is -0.360 e. The smallest absolute Gasteiger partial charge is 0.0926 e. The number of hydrogen-bond acceptors (Lipinski definition) is 1. The second-order valence-corrected chi connectivity index (χ2v) is 3.93. The van der Waals surface area contributed by atoms with Crippen LogP contribution in [0.15, 0.2) is 30.3 Å². The zero-order valence-electron chi connectivity index (χ0n) is 8.53. The lowest BCUT2D eigenvalue weighted by molar-refractivity contribution is 0.504. The molecule has 2 rings (SSSR count). The fraction of sp³-hybridized carbons (Fsp3) is 0.417. The zero-order valence-corrected chi connectivity index (χ0v) is 8.53. The monoisotopic (exact) mass is 188 g/mol. The second kappa shape index (κ2) is 3.82. The van der Waals surface area contributed by atoms with Gasteiger partial charge in [0.05, 0.1) is 5.84 Å². The highest BCUT2D eigenvalue weighted by molar-refractivity contribution is 5.76. The van der Waals surface area contributed by atoms with Gasteiger partial charge in [-0.2, -0.15) is 0 Å². The molecule has 1 heterocycles. The fourth-order valence-corrected chi connectivity index (χ4v) is 2.06. The highest BCUT2D eigenvalue weighted by atomic mass is 15.2. The van der Waals surface area contributed by atoms with Gasteiger partial charge in [0.15, 0.2) is 0 Å². The molecule has 0 saturated carbocycles. The summed E-state index contributed by atoms with van der Waals surface area (Å²) < 4.78 is 0. The summed E-state index contributed by atoms with van der Waals surface area (Å²) in [6, 6.07) is 10.6. The van der Waals surface area contributed by atoms with Gasteiger partial charge in [-0.05, 0) is 18.9 Å². The van der Waals surface area contributed by atoms with Gasteiger partial charge in [0.1, 0.15) is 0 Å². The van der Waals surface area contributed by atoms with Gasteiger partial charge in [-0.3, -0.25) is 5.41 Å². The van der Waals surface area contributed by atoms with Gasteiger partial charge in [0.2, 0.25) is 0 Å². The fourth-order valence-electron chi connectivity index (χ4n) is 2.06. The van der Waals surface area contributed by atoms with Crippen LogP contribution in [0.4, 0.5) is 0 Å². The quantitative estimate of drug-likeness (QED) is 0.532. The molecule has 0 amide bonds. The number of rotatable bonds is 1. The van der Waals surface area contributed by atoms with Gasteiger partial charge in [0.25, 0.3) is 0 Å². The zero-order chi connectivity index (χ0) is 9.97. The van der Waals surface area contributed by atoms with E-state index < -0.39 is 0 Å². The van der Waals surface area contributed by atoms with Crippen LogP contribution < -0.4 is 0 Å². The molecule has 1 aromatic carbocycles. The largest absolute Gasteiger partial charge is 0.360 e. The summed E-state index contributed by atoms with van der Waals surface area (Å²) in [5, 5.41) is 7.57. The van der Waals surface area contributed by atoms with Crippen LogP contribution in [0.2, 0.25) is 0 Å². The Morgan fingerprint density at radius 1 is 1.36 bits per heavy atom. The Bertz CT molecular complexity index is 318. The molecule has 1 unspecified atom stereocenters. The van der Waals surface area contributed by atoms with Crippen molar-refractivity contribution in [2.24, 2.45) is 0 Å². The molecule has 1 aromatic rings. The van der Waals surface area contributed by atoms with Gasteiger partial charge in [-0.15, -0.1) is 0 Å². The van der Waals surface area contributed by atoms with Crippen molar-refractivity contribution in [1.82, 2.24) is 4.90 Å². The lowest BCUT2D eigenvalue weighted by Gasteiger charge is -2.16.